The Morgan fingerprint density at radius 2 is 1.96 bits per heavy atom. The van der Waals surface area contributed by atoms with Gasteiger partial charge < -0.3 is 9.47 Å². The quantitative estimate of drug-likeness (QED) is 0.688. The van der Waals surface area contributed by atoms with Gasteiger partial charge in [0.15, 0.2) is 10.2 Å². The molecule has 4 rings (SSSR count). The van der Waals surface area contributed by atoms with E-state index in [0.717, 1.165) is 15.5 Å². The van der Waals surface area contributed by atoms with E-state index in [1.165, 1.54) is 28.2 Å². The minimum atomic E-state index is -3.53. The number of hydrogen-bond acceptors (Lipinski definition) is 7. The van der Waals surface area contributed by atoms with E-state index in [4.69, 9.17) is 0 Å². The number of piperazine rings is 1. The number of anilines is 1. The topological polar surface area (TPSA) is 84.2 Å². The van der Waals surface area contributed by atoms with Gasteiger partial charge in [0.05, 0.1) is 6.33 Å². The lowest BCUT2D eigenvalue weighted by Crippen LogP contribution is -2.48. The molecule has 0 unspecified atom stereocenters. The number of sulfonamides is 1. The number of pyridine rings is 1. The summed E-state index contributed by atoms with van der Waals surface area (Å²) in [7, 11) is -1.77. The van der Waals surface area contributed by atoms with E-state index in [1.54, 1.807) is 17.8 Å². The van der Waals surface area contributed by atoms with Crippen molar-refractivity contribution in [3.05, 3.63) is 30.9 Å². The molecule has 0 spiro atoms. The maximum Gasteiger partial charge on any atom is 0.262 e. The molecular weight excluding hydrogens is 348 g/mol. The lowest BCUT2D eigenvalue weighted by molar-refractivity contribution is 0.383. The summed E-state index contributed by atoms with van der Waals surface area (Å²) < 4.78 is 28.3. The van der Waals surface area contributed by atoms with Crippen molar-refractivity contribution >= 4 is 36.8 Å². The molecule has 0 atom stereocenters. The average Bonchev–Trinajstić information content (AvgIpc) is 3.21. The van der Waals surface area contributed by atoms with Crippen molar-refractivity contribution in [3.8, 4) is 0 Å². The Labute approximate surface area is 143 Å². The molecule has 1 saturated heterocycles. The summed E-state index contributed by atoms with van der Waals surface area (Å²) in [4.78, 5) is 15.9. The molecule has 1 fully saturated rings. The van der Waals surface area contributed by atoms with Crippen LogP contribution in [-0.4, -0.2) is 58.4 Å². The Morgan fingerprint density at radius 3 is 2.62 bits per heavy atom. The van der Waals surface area contributed by atoms with E-state index < -0.39 is 10.0 Å². The number of aryl methyl sites for hydroxylation is 1. The highest BCUT2D eigenvalue weighted by molar-refractivity contribution is 7.89. The first-order valence-electron chi connectivity index (χ1n) is 7.49. The van der Waals surface area contributed by atoms with Crippen LogP contribution in [0.15, 0.2) is 35.9 Å². The second-order valence-electron chi connectivity index (χ2n) is 5.59. The monoisotopic (exact) mass is 364 g/mol. The molecule has 0 amide bonds. The minimum Gasteiger partial charge on any atom is -0.345 e. The molecule has 8 nitrogen and oxygen atoms in total. The molecule has 4 heterocycles. The summed E-state index contributed by atoms with van der Waals surface area (Å²) in [5.74, 6) is 0. The fourth-order valence-corrected chi connectivity index (χ4v) is 5.02. The van der Waals surface area contributed by atoms with Gasteiger partial charge in [-0.2, -0.15) is 4.31 Å². The first kappa shape index (κ1) is 15.5. The van der Waals surface area contributed by atoms with E-state index >= 15 is 0 Å². The number of imidazole rings is 1. The van der Waals surface area contributed by atoms with E-state index in [2.05, 4.69) is 19.9 Å². The van der Waals surface area contributed by atoms with Gasteiger partial charge in [-0.15, -0.1) is 0 Å². The average molecular weight is 364 g/mol. The number of fused-ring (bicyclic) bond motifs is 1. The van der Waals surface area contributed by atoms with Crippen LogP contribution in [0.5, 0.6) is 0 Å². The third-order valence-corrected chi connectivity index (χ3v) is 6.77. The Morgan fingerprint density at radius 1 is 1.17 bits per heavy atom. The second-order valence-corrected chi connectivity index (χ2v) is 8.43. The van der Waals surface area contributed by atoms with Crippen molar-refractivity contribution in [2.45, 2.75) is 5.03 Å². The zero-order valence-electron chi connectivity index (χ0n) is 13.0. The van der Waals surface area contributed by atoms with Crippen LogP contribution in [0.25, 0.3) is 10.3 Å². The summed E-state index contributed by atoms with van der Waals surface area (Å²) in [5.41, 5.74) is 0.876. The van der Waals surface area contributed by atoms with Crippen LogP contribution in [0.1, 0.15) is 0 Å². The smallest absolute Gasteiger partial charge is 0.262 e. The Bertz CT molecular complexity index is 939. The Kier molecular flexibility index (Phi) is 3.74. The van der Waals surface area contributed by atoms with E-state index in [1.807, 2.05) is 12.1 Å². The SMILES string of the molecule is Cn1cnc(S(=O)(=O)N2CCN(c3nc4cccnc4s3)CC2)c1. The van der Waals surface area contributed by atoms with Crippen molar-refractivity contribution in [1.82, 2.24) is 23.8 Å². The van der Waals surface area contributed by atoms with Crippen LogP contribution < -0.4 is 4.90 Å². The van der Waals surface area contributed by atoms with Gasteiger partial charge in [-0.25, -0.2) is 23.4 Å². The standard InChI is InChI=1S/C14H16N6O2S2/c1-18-9-12(16-10-18)24(21,22)20-7-5-19(6-8-20)14-17-11-3-2-4-15-13(11)23-14/h2-4,9-10H,5-8H2,1H3. The van der Waals surface area contributed by atoms with Crippen molar-refractivity contribution in [2.75, 3.05) is 31.1 Å². The number of rotatable bonds is 3. The van der Waals surface area contributed by atoms with E-state index in [0.29, 0.717) is 26.2 Å². The largest absolute Gasteiger partial charge is 0.345 e. The van der Waals surface area contributed by atoms with Crippen LogP contribution in [0.3, 0.4) is 0 Å². The van der Waals surface area contributed by atoms with Gasteiger partial charge in [0, 0.05) is 45.6 Å². The van der Waals surface area contributed by atoms with Gasteiger partial charge in [0.1, 0.15) is 10.3 Å². The molecule has 10 heteroatoms. The maximum absolute atomic E-state index is 12.6. The third-order valence-electron chi connectivity index (χ3n) is 3.95. The molecule has 0 saturated carbocycles. The highest BCUT2D eigenvalue weighted by atomic mass is 32.2. The number of thiazole rings is 1. The molecular formula is C14H16N6O2S2. The lowest BCUT2D eigenvalue weighted by Gasteiger charge is -2.33. The van der Waals surface area contributed by atoms with Crippen LogP contribution >= 0.6 is 11.3 Å². The van der Waals surface area contributed by atoms with Gasteiger partial charge >= 0.3 is 0 Å². The Hall–Kier alpha value is -2.04. The van der Waals surface area contributed by atoms with E-state index in [-0.39, 0.29) is 5.03 Å². The first-order chi connectivity index (χ1) is 11.5. The molecule has 0 N–H and O–H groups in total. The van der Waals surface area contributed by atoms with Crippen LogP contribution in [0.2, 0.25) is 0 Å². The summed E-state index contributed by atoms with van der Waals surface area (Å²) >= 11 is 1.53. The van der Waals surface area contributed by atoms with Gasteiger partial charge in [-0.3, -0.25) is 0 Å². The minimum absolute atomic E-state index is 0.0997. The zero-order valence-corrected chi connectivity index (χ0v) is 14.7. The lowest BCUT2D eigenvalue weighted by atomic mass is 10.4. The first-order valence-corrected chi connectivity index (χ1v) is 9.74. The normalized spacial score (nSPS) is 16.8. The van der Waals surface area contributed by atoms with Crippen molar-refractivity contribution in [3.63, 3.8) is 0 Å². The molecule has 126 valence electrons. The van der Waals surface area contributed by atoms with Crippen LogP contribution in [0.4, 0.5) is 5.13 Å². The number of nitrogens with zero attached hydrogens (tertiary/aromatic N) is 6. The highest BCUT2D eigenvalue weighted by Crippen LogP contribution is 2.28. The third kappa shape index (κ3) is 2.66. The summed E-state index contributed by atoms with van der Waals surface area (Å²) in [6.45, 7) is 2.04. The molecule has 3 aromatic rings. The fourth-order valence-electron chi connectivity index (χ4n) is 2.67. The van der Waals surface area contributed by atoms with Gasteiger partial charge in [0.25, 0.3) is 10.0 Å². The van der Waals surface area contributed by atoms with Crippen molar-refractivity contribution in [1.29, 1.82) is 0 Å². The van der Waals surface area contributed by atoms with E-state index in [9.17, 15) is 8.42 Å². The molecule has 0 aromatic carbocycles. The molecule has 1 aliphatic rings. The van der Waals surface area contributed by atoms with Crippen LogP contribution in [0, 0.1) is 0 Å². The van der Waals surface area contributed by atoms with Gasteiger partial charge in [-0.05, 0) is 12.1 Å². The van der Waals surface area contributed by atoms with Crippen LogP contribution in [-0.2, 0) is 17.1 Å². The van der Waals surface area contributed by atoms with Gasteiger partial charge in [0.2, 0.25) is 0 Å². The molecule has 0 bridgehead atoms. The number of hydrogen-bond donors (Lipinski definition) is 0. The molecule has 3 aromatic heterocycles. The van der Waals surface area contributed by atoms with Gasteiger partial charge in [-0.1, -0.05) is 11.3 Å². The predicted molar refractivity (Wildman–Crippen MR) is 91.6 cm³/mol. The summed E-state index contributed by atoms with van der Waals surface area (Å²) in [6.07, 6.45) is 4.78. The number of aromatic nitrogens is 4. The van der Waals surface area contributed by atoms with Crippen molar-refractivity contribution < 1.29 is 8.42 Å². The molecule has 0 aliphatic carbocycles. The highest BCUT2D eigenvalue weighted by Gasteiger charge is 2.30. The molecule has 0 radical (unpaired) electrons. The molecule has 24 heavy (non-hydrogen) atoms. The fraction of sp³-hybridized carbons (Fsp3) is 0.357. The summed E-state index contributed by atoms with van der Waals surface area (Å²) in [5, 5.41) is 0.987. The Balaban J connectivity index is 1.50. The zero-order chi connectivity index (χ0) is 16.7. The maximum atomic E-state index is 12.6. The van der Waals surface area contributed by atoms with Crippen molar-refractivity contribution in [2.24, 2.45) is 7.05 Å². The second kappa shape index (κ2) is 5.80. The molecule has 1 aliphatic heterocycles. The summed E-state index contributed by atoms with van der Waals surface area (Å²) in [6, 6.07) is 3.80. The predicted octanol–water partition coefficient (Wildman–Crippen LogP) is 0.936.